The van der Waals surface area contributed by atoms with E-state index < -0.39 is 0 Å². The molecule has 2 aliphatic rings. The van der Waals surface area contributed by atoms with Gasteiger partial charge in [0.25, 0.3) is 5.91 Å². The van der Waals surface area contributed by atoms with Crippen LogP contribution in [0.1, 0.15) is 37.0 Å². The van der Waals surface area contributed by atoms with Gasteiger partial charge >= 0.3 is 0 Å². The van der Waals surface area contributed by atoms with Crippen molar-refractivity contribution in [2.75, 3.05) is 26.3 Å². The van der Waals surface area contributed by atoms with Gasteiger partial charge in [-0.2, -0.15) is 0 Å². The number of amides is 2. The molecule has 1 aromatic heterocycles. The minimum absolute atomic E-state index is 0.0457. The highest BCUT2D eigenvalue weighted by atomic mass is 16.5. The lowest BCUT2D eigenvalue weighted by molar-refractivity contribution is -0.130. The second-order valence-corrected chi connectivity index (χ2v) is 6.89. The van der Waals surface area contributed by atoms with E-state index in [2.05, 4.69) is 5.32 Å². The molecule has 23 heavy (non-hydrogen) atoms. The molecule has 0 saturated carbocycles. The van der Waals surface area contributed by atoms with Gasteiger partial charge in [-0.3, -0.25) is 9.59 Å². The summed E-state index contributed by atoms with van der Waals surface area (Å²) in [6.07, 6.45) is 4.59. The summed E-state index contributed by atoms with van der Waals surface area (Å²) < 4.78 is 10.5. The Morgan fingerprint density at radius 1 is 1.35 bits per heavy atom. The third kappa shape index (κ3) is 3.13. The van der Waals surface area contributed by atoms with Crippen molar-refractivity contribution in [3.8, 4) is 0 Å². The number of nitrogens with one attached hydrogen (secondary N) is 1. The van der Waals surface area contributed by atoms with Crippen molar-refractivity contribution in [1.29, 1.82) is 0 Å². The first-order chi connectivity index (χ1) is 11.0. The van der Waals surface area contributed by atoms with Crippen LogP contribution in [0.25, 0.3) is 0 Å². The summed E-state index contributed by atoms with van der Waals surface area (Å²) in [6, 6.07) is 1.76. The molecule has 3 heterocycles. The van der Waals surface area contributed by atoms with E-state index in [1.54, 1.807) is 11.0 Å². The van der Waals surface area contributed by atoms with Gasteiger partial charge in [-0.25, -0.2) is 0 Å². The number of nitrogens with zero attached hydrogens (tertiary/aromatic N) is 1. The Labute approximate surface area is 136 Å². The van der Waals surface area contributed by atoms with Gasteiger partial charge in [-0.05, 0) is 32.8 Å². The number of carbonyl (C=O) groups is 2. The van der Waals surface area contributed by atoms with Gasteiger partial charge in [0.1, 0.15) is 6.26 Å². The van der Waals surface area contributed by atoms with Crippen molar-refractivity contribution in [2.45, 2.75) is 32.7 Å². The van der Waals surface area contributed by atoms with E-state index in [1.165, 1.54) is 12.5 Å². The molecule has 0 aromatic carbocycles. The Balaban J connectivity index is 1.81. The van der Waals surface area contributed by atoms with Crippen LogP contribution in [0.5, 0.6) is 0 Å². The molecule has 0 unspecified atom stereocenters. The van der Waals surface area contributed by atoms with Crippen molar-refractivity contribution in [2.24, 2.45) is 11.3 Å². The molecule has 6 heteroatoms. The fourth-order valence-electron chi connectivity index (χ4n) is 3.72. The standard InChI is InChI=1S/C17H24N2O4/c1-12(2)18-15(20)14-9-19(16(21)13-3-6-23-10-13)11-17(14)4-7-22-8-5-17/h3,6,10,12,14H,4-5,7-9,11H2,1-2H3,(H,18,20)/t14-/m0/s1. The molecule has 2 saturated heterocycles. The Bertz CT molecular complexity index is 561. The largest absolute Gasteiger partial charge is 0.472 e. The first kappa shape index (κ1) is 16.1. The summed E-state index contributed by atoms with van der Waals surface area (Å²) in [5, 5.41) is 3.01. The second kappa shape index (κ2) is 6.35. The van der Waals surface area contributed by atoms with Gasteiger partial charge in [-0.15, -0.1) is 0 Å². The maximum absolute atomic E-state index is 12.7. The zero-order valence-corrected chi connectivity index (χ0v) is 13.7. The van der Waals surface area contributed by atoms with Crippen LogP contribution in [0.15, 0.2) is 23.0 Å². The lowest BCUT2D eigenvalue weighted by Gasteiger charge is -2.37. The average Bonchev–Trinajstić information content (AvgIpc) is 3.15. The van der Waals surface area contributed by atoms with E-state index in [-0.39, 0.29) is 29.2 Å². The number of likely N-dealkylation sites (tertiary alicyclic amines) is 1. The summed E-state index contributed by atoms with van der Waals surface area (Å²) in [6.45, 7) is 6.29. The smallest absolute Gasteiger partial charge is 0.257 e. The number of ether oxygens (including phenoxy) is 1. The van der Waals surface area contributed by atoms with E-state index in [1.807, 2.05) is 13.8 Å². The van der Waals surface area contributed by atoms with Crippen LogP contribution in [0, 0.1) is 11.3 Å². The molecule has 2 aliphatic heterocycles. The Morgan fingerprint density at radius 2 is 2.09 bits per heavy atom. The van der Waals surface area contributed by atoms with Crippen LogP contribution in [0.2, 0.25) is 0 Å². The average molecular weight is 320 g/mol. The molecule has 0 bridgehead atoms. The van der Waals surface area contributed by atoms with Gasteiger partial charge in [0, 0.05) is 37.8 Å². The summed E-state index contributed by atoms with van der Waals surface area (Å²) in [7, 11) is 0. The number of rotatable bonds is 3. The number of hydrogen-bond acceptors (Lipinski definition) is 4. The quantitative estimate of drug-likeness (QED) is 0.919. The molecule has 2 amide bonds. The Kier molecular flexibility index (Phi) is 4.43. The van der Waals surface area contributed by atoms with E-state index >= 15 is 0 Å². The van der Waals surface area contributed by atoms with Gasteiger partial charge in [0.05, 0.1) is 17.7 Å². The summed E-state index contributed by atoms with van der Waals surface area (Å²) in [5.74, 6) is -0.196. The zero-order chi connectivity index (χ0) is 16.4. The SMILES string of the molecule is CC(C)NC(=O)[C@@H]1CN(C(=O)c2ccoc2)CC12CCOCC2. The third-order valence-corrected chi connectivity index (χ3v) is 4.94. The molecule has 1 atom stereocenters. The molecular weight excluding hydrogens is 296 g/mol. The zero-order valence-electron chi connectivity index (χ0n) is 13.7. The minimum atomic E-state index is -0.176. The highest BCUT2D eigenvalue weighted by Gasteiger charge is 2.51. The van der Waals surface area contributed by atoms with Crippen molar-refractivity contribution >= 4 is 11.8 Å². The number of hydrogen-bond donors (Lipinski definition) is 1. The molecule has 0 aliphatic carbocycles. The Hall–Kier alpha value is -1.82. The van der Waals surface area contributed by atoms with Crippen molar-refractivity contribution in [3.63, 3.8) is 0 Å². The molecule has 0 radical (unpaired) electrons. The first-order valence-electron chi connectivity index (χ1n) is 8.21. The minimum Gasteiger partial charge on any atom is -0.472 e. The molecular formula is C17H24N2O4. The van der Waals surface area contributed by atoms with Crippen molar-refractivity contribution < 1.29 is 18.7 Å². The van der Waals surface area contributed by atoms with Crippen LogP contribution in [-0.4, -0.2) is 49.1 Å². The van der Waals surface area contributed by atoms with Crippen molar-refractivity contribution in [1.82, 2.24) is 10.2 Å². The first-order valence-corrected chi connectivity index (χ1v) is 8.21. The predicted molar refractivity (Wildman–Crippen MR) is 83.9 cm³/mol. The van der Waals surface area contributed by atoms with E-state index in [0.29, 0.717) is 31.9 Å². The summed E-state index contributed by atoms with van der Waals surface area (Å²) in [5.41, 5.74) is 0.369. The number of furan rings is 1. The lowest BCUT2D eigenvalue weighted by atomic mass is 9.71. The monoisotopic (exact) mass is 320 g/mol. The third-order valence-electron chi connectivity index (χ3n) is 4.94. The molecule has 1 N–H and O–H groups in total. The maximum Gasteiger partial charge on any atom is 0.257 e. The van der Waals surface area contributed by atoms with Crippen LogP contribution in [0.3, 0.4) is 0 Å². The fourth-order valence-corrected chi connectivity index (χ4v) is 3.72. The summed E-state index contributed by atoms with van der Waals surface area (Å²) in [4.78, 5) is 27.1. The van der Waals surface area contributed by atoms with Gasteiger partial charge in [0.2, 0.25) is 5.91 Å². The normalized spacial score (nSPS) is 23.4. The molecule has 126 valence electrons. The van der Waals surface area contributed by atoms with E-state index in [9.17, 15) is 9.59 Å². The second-order valence-electron chi connectivity index (χ2n) is 6.89. The number of carbonyl (C=O) groups excluding carboxylic acids is 2. The molecule has 1 aromatic rings. The van der Waals surface area contributed by atoms with Crippen LogP contribution in [-0.2, 0) is 9.53 Å². The molecule has 2 fully saturated rings. The molecule has 1 spiro atoms. The van der Waals surface area contributed by atoms with E-state index in [4.69, 9.17) is 9.15 Å². The van der Waals surface area contributed by atoms with Crippen LogP contribution in [0.4, 0.5) is 0 Å². The molecule has 6 nitrogen and oxygen atoms in total. The van der Waals surface area contributed by atoms with Crippen LogP contribution >= 0.6 is 0 Å². The predicted octanol–water partition coefficient (Wildman–Crippen LogP) is 1.67. The maximum atomic E-state index is 12.7. The van der Waals surface area contributed by atoms with Gasteiger partial charge in [-0.1, -0.05) is 0 Å². The lowest BCUT2D eigenvalue weighted by Crippen LogP contribution is -2.46. The topological polar surface area (TPSA) is 71.8 Å². The highest BCUT2D eigenvalue weighted by molar-refractivity contribution is 5.95. The van der Waals surface area contributed by atoms with Crippen molar-refractivity contribution in [3.05, 3.63) is 24.2 Å². The van der Waals surface area contributed by atoms with Gasteiger partial charge < -0.3 is 19.4 Å². The van der Waals surface area contributed by atoms with Crippen LogP contribution < -0.4 is 5.32 Å². The summed E-state index contributed by atoms with van der Waals surface area (Å²) >= 11 is 0. The van der Waals surface area contributed by atoms with E-state index in [0.717, 1.165) is 12.8 Å². The highest BCUT2D eigenvalue weighted by Crippen LogP contribution is 2.44. The molecule has 3 rings (SSSR count). The Morgan fingerprint density at radius 3 is 2.70 bits per heavy atom. The fraction of sp³-hybridized carbons (Fsp3) is 0.647. The van der Waals surface area contributed by atoms with Gasteiger partial charge in [0.15, 0.2) is 0 Å².